The summed E-state index contributed by atoms with van der Waals surface area (Å²) < 4.78 is 0. The largest absolute Gasteiger partial charge is 0.507 e. The third-order valence-corrected chi connectivity index (χ3v) is 4.73. The number of amides is 2. The molecule has 0 aromatic heterocycles. The standard InChI is InChI=1S/C23H18N6O7/c1-14-10-17(12-24-26-22(31)15-2-6-19(7-3-15)28(33)34)21(30)18(11-14)13-25-27-23(32)16-4-8-20(9-5-16)29(35)36/h2-13,30H,1H3,(H,26,31)(H,27,32)/b24-12-,25-13+. The lowest BCUT2D eigenvalue weighted by Crippen LogP contribution is -2.17. The molecule has 3 rings (SSSR count). The Morgan fingerprint density at radius 1 is 0.778 bits per heavy atom. The highest BCUT2D eigenvalue weighted by molar-refractivity contribution is 5.97. The van der Waals surface area contributed by atoms with Crippen LogP contribution in [0.5, 0.6) is 5.75 Å². The summed E-state index contributed by atoms with van der Waals surface area (Å²) in [6.07, 6.45) is 2.41. The fraction of sp³-hybridized carbons (Fsp3) is 0.0435. The molecule has 0 radical (unpaired) electrons. The van der Waals surface area contributed by atoms with E-state index in [9.17, 15) is 34.9 Å². The number of non-ortho nitro benzene ring substituents is 2. The van der Waals surface area contributed by atoms with Crippen LogP contribution in [0.1, 0.15) is 37.4 Å². The second-order valence-electron chi connectivity index (χ2n) is 7.30. The molecule has 3 aromatic rings. The fourth-order valence-corrected chi connectivity index (χ4v) is 2.95. The lowest BCUT2D eigenvalue weighted by atomic mass is 10.1. The predicted molar refractivity (Wildman–Crippen MR) is 129 cm³/mol. The molecule has 0 aliphatic rings. The van der Waals surface area contributed by atoms with Gasteiger partial charge in [-0.2, -0.15) is 10.2 Å². The SMILES string of the molecule is Cc1cc(/C=N\NC(=O)c2ccc([N+](=O)[O-])cc2)c(O)c(/C=N/NC(=O)c2ccc([N+](=O)[O-])cc2)c1. The van der Waals surface area contributed by atoms with Crippen LogP contribution in [0.4, 0.5) is 11.4 Å². The van der Waals surface area contributed by atoms with Crippen LogP contribution in [0.25, 0.3) is 0 Å². The molecule has 36 heavy (non-hydrogen) atoms. The summed E-state index contributed by atoms with van der Waals surface area (Å²) in [5, 5.41) is 39.5. The number of nitrogens with zero attached hydrogens (tertiary/aromatic N) is 4. The zero-order valence-corrected chi connectivity index (χ0v) is 18.6. The molecule has 182 valence electrons. The van der Waals surface area contributed by atoms with E-state index in [1.54, 1.807) is 19.1 Å². The van der Waals surface area contributed by atoms with Gasteiger partial charge in [0.15, 0.2) is 0 Å². The van der Waals surface area contributed by atoms with Gasteiger partial charge in [-0.3, -0.25) is 29.8 Å². The van der Waals surface area contributed by atoms with Crippen LogP contribution in [-0.2, 0) is 0 Å². The van der Waals surface area contributed by atoms with Gasteiger partial charge >= 0.3 is 0 Å². The minimum Gasteiger partial charge on any atom is -0.507 e. The number of hydrazone groups is 2. The Hall–Kier alpha value is -5.46. The number of nitrogens with one attached hydrogen (secondary N) is 2. The number of nitro benzene ring substituents is 2. The van der Waals surface area contributed by atoms with Crippen molar-refractivity contribution in [1.82, 2.24) is 10.9 Å². The Morgan fingerprint density at radius 3 is 1.47 bits per heavy atom. The molecule has 0 fully saturated rings. The molecule has 13 heteroatoms. The first-order valence-corrected chi connectivity index (χ1v) is 10.1. The third-order valence-electron chi connectivity index (χ3n) is 4.73. The van der Waals surface area contributed by atoms with Crippen molar-refractivity contribution in [2.45, 2.75) is 6.92 Å². The predicted octanol–water partition coefficient (Wildman–Crippen LogP) is 3.04. The number of nitro groups is 2. The summed E-state index contributed by atoms with van der Waals surface area (Å²) in [7, 11) is 0. The monoisotopic (exact) mass is 490 g/mol. The Kier molecular flexibility index (Phi) is 7.77. The van der Waals surface area contributed by atoms with Crippen molar-refractivity contribution in [3.8, 4) is 5.75 Å². The van der Waals surface area contributed by atoms with Crippen molar-refractivity contribution < 1.29 is 24.5 Å². The molecule has 3 N–H and O–H groups in total. The van der Waals surface area contributed by atoms with Gasteiger partial charge in [0.2, 0.25) is 0 Å². The van der Waals surface area contributed by atoms with Crippen LogP contribution >= 0.6 is 0 Å². The number of aromatic hydroxyl groups is 1. The third kappa shape index (κ3) is 6.32. The van der Waals surface area contributed by atoms with E-state index in [0.717, 1.165) is 5.56 Å². The van der Waals surface area contributed by atoms with Gasteiger partial charge in [0, 0.05) is 46.5 Å². The number of hydrogen-bond donors (Lipinski definition) is 3. The number of aryl methyl sites for hydroxylation is 1. The highest BCUT2D eigenvalue weighted by Crippen LogP contribution is 2.22. The minimum absolute atomic E-state index is 0.155. The summed E-state index contributed by atoms with van der Waals surface area (Å²) in [6.45, 7) is 1.75. The molecule has 0 heterocycles. The van der Waals surface area contributed by atoms with E-state index in [0.29, 0.717) is 0 Å². The maximum absolute atomic E-state index is 12.2. The molecule has 0 atom stereocenters. The zero-order chi connectivity index (χ0) is 26.2. The molecule has 0 saturated carbocycles. The van der Waals surface area contributed by atoms with Crippen LogP contribution in [-0.4, -0.2) is 39.2 Å². The molecule has 0 aliphatic heterocycles. The molecule has 2 amide bonds. The van der Waals surface area contributed by atoms with E-state index in [-0.39, 0.29) is 39.4 Å². The molecule has 0 saturated heterocycles. The highest BCUT2D eigenvalue weighted by atomic mass is 16.6. The molecular formula is C23H18N6O7. The highest BCUT2D eigenvalue weighted by Gasteiger charge is 2.11. The first-order valence-electron chi connectivity index (χ1n) is 10.1. The fourth-order valence-electron chi connectivity index (χ4n) is 2.95. The van der Waals surface area contributed by atoms with Crippen LogP contribution in [0, 0.1) is 27.2 Å². The average molecular weight is 490 g/mol. The van der Waals surface area contributed by atoms with Crippen molar-refractivity contribution in [3.63, 3.8) is 0 Å². The van der Waals surface area contributed by atoms with Crippen molar-refractivity contribution in [2.24, 2.45) is 10.2 Å². The summed E-state index contributed by atoms with van der Waals surface area (Å²) in [6, 6.07) is 13.1. The Balaban J connectivity index is 1.66. The van der Waals surface area contributed by atoms with E-state index in [1.165, 1.54) is 61.0 Å². The maximum atomic E-state index is 12.2. The van der Waals surface area contributed by atoms with Gasteiger partial charge in [-0.1, -0.05) is 0 Å². The van der Waals surface area contributed by atoms with E-state index in [4.69, 9.17) is 0 Å². The number of carbonyl (C=O) groups excluding carboxylic acids is 2. The number of benzene rings is 3. The Labute approximate surface area is 203 Å². The molecule has 0 bridgehead atoms. The van der Waals surface area contributed by atoms with Crippen molar-refractivity contribution >= 4 is 35.6 Å². The van der Waals surface area contributed by atoms with Gasteiger partial charge in [-0.15, -0.1) is 0 Å². The smallest absolute Gasteiger partial charge is 0.271 e. The molecule has 0 aliphatic carbocycles. The zero-order valence-electron chi connectivity index (χ0n) is 18.6. The quantitative estimate of drug-likeness (QED) is 0.245. The molecule has 3 aromatic carbocycles. The summed E-state index contributed by atoms with van der Waals surface area (Å²) in [5.41, 5.74) is 5.76. The van der Waals surface area contributed by atoms with Gasteiger partial charge in [-0.05, 0) is 48.9 Å². The van der Waals surface area contributed by atoms with E-state index in [2.05, 4.69) is 21.1 Å². The van der Waals surface area contributed by atoms with Crippen LogP contribution in [0.3, 0.4) is 0 Å². The first kappa shape index (κ1) is 25.2. The van der Waals surface area contributed by atoms with Crippen molar-refractivity contribution in [3.05, 3.63) is 109 Å². The first-order chi connectivity index (χ1) is 17.2. The average Bonchev–Trinajstić information content (AvgIpc) is 2.86. The molecule has 0 unspecified atom stereocenters. The van der Waals surface area contributed by atoms with Gasteiger partial charge in [0.1, 0.15) is 5.75 Å². The number of hydrogen-bond acceptors (Lipinski definition) is 9. The van der Waals surface area contributed by atoms with Crippen molar-refractivity contribution in [1.29, 1.82) is 0 Å². The minimum atomic E-state index is -0.607. The lowest BCUT2D eigenvalue weighted by molar-refractivity contribution is -0.385. The number of phenolic OH excluding ortho intramolecular Hbond substituents is 1. The molecular weight excluding hydrogens is 472 g/mol. The Morgan fingerprint density at radius 2 is 1.14 bits per heavy atom. The van der Waals surface area contributed by atoms with E-state index >= 15 is 0 Å². The van der Waals surface area contributed by atoms with Gasteiger partial charge < -0.3 is 5.11 Å². The number of carbonyl (C=O) groups is 2. The second-order valence-corrected chi connectivity index (χ2v) is 7.30. The summed E-state index contributed by atoms with van der Waals surface area (Å²) in [5.74, 6) is -1.43. The summed E-state index contributed by atoms with van der Waals surface area (Å²) in [4.78, 5) is 44.6. The Bertz CT molecular complexity index is 1280. The van der Waals surface area contributed by atoms with Gasteiger partial charge in [0.25, 0.3) is 23.2 Å². The lowest BCUT2D eigenvalue weighted by Gasteiger charge is -2.06. The van der Waals surface area contributed by atoms with Crippen LogP contribution in [0.2, 0.25) is 0 Å². The molecule has 13 nitrogen and oxygen atoms in total. The van der Waals surface area contributed by atoms with Gasteiger partial charge in [0.05, 0.1) is 22.3 Å². The second kappa shape index (κ2) is 11.1. The normalized spacial score (nSPS) is 10.9. The topological polar surface area (TPSA) is 189 Å². The van der Waals surface area contributed by atoms with Crippen molar-refractivity contribution in [2.75, 3.05) is 0 Å². The van der Waals surface area contributed by atoms with E-state index < -0.39 is 21.7 Å². The van der Waals surface area contributed by atoms with Crippen LogP contribution < -0.4 is 10.9 Å². The van der Waals surface area contributed by atoms with Gasteiger partial charge in [-0.25, -0.2) is 10.9 Å². The van der Waals surface area contributed by atoms with E-state index in [1.807, 2.05) is 0 Å². The number of phenols is 1. The molecule has 0 spiro atoms. The van der Waals surface area contributed by atoms with Crippen LogP contribution in [0.15, 0.2) is 70.9 Å². The number of rotatable bonds is 8. The summed E-state index contributed by atoms with van der Waals surface area (Å²) >= 11 is 0. The maximum Gasteiger partial charge on any atom is 0.271 e.